The zero-order chi connectivity index (χ0) is 21.6. The van der Waals surface area contributed by atoms with Crippen LogP contribution in [0.4, 0.5) is 0 Å². The number of nitrogens with zero attached hydrogens (tertiary/aromatic N) is 3. The van der Waals surface area contributed by atoms with E-state index in [1.165, 1.54) is 0 Å². The molecule has 1 amide bonds. The molecule has 1 spiro atoms. The number of fused-ring (bicyclic) bond motifs is 3. The molecule has 0 bridgehead atoms. The Hall–Kier alpha value is -2.05. The van der Waals surface area contributed by atoms with Gasteiger partial charge in [-0.3, -0.25) is 4.79 Å². The van der Waals surface area contributed by atoms with Crippen molar-refractivity contribution < 1.29 is 14.3 Å². The van der Waals surface area contributed by atoms with E-state index in [-0.39, 0.29) is 28.9 Å². The molecule has 166 valence electrons. The van der Waals surface area contributed by atoms with Crippen LogP contribution in [-0.4, -0.2) is 45.7 Å². The number of rotatable bonds is 3. The summed E-state index contributed by atoms with van der Waals surface area (Å²) in [6.07, 6.45) is 8.93. The van der Waals surface area contributed by atoms with Crippen molar-refractivity contribution in [2.75, 3.05) is 19.7 Å². The van der Waals surface area contributed by atoms with Crippen LogP contribution in [0.5, 0.6) is 5.75 Å². The second-order valence-corrected chi connectivity index (χ2v) is 10.3. The molecule has 2 saturated heterocycles. The van der Waals surface area contributed by atoms with Gasteiger partial charge in [0.05, 0.1) is 19.0 Å². The van der Waals surface area contributed by atoms with Crippen LogP contribution in [-0.2, 0) is 16.1 Å². The monoisotopic (exact) mass is 443 g/mol. The fourth-order valence-corrected chi connectivity index (χ4v) is 5.69. The number of amides is 1. The van der Waals surface area contributed by atoms with Crippen LogP contribution in [0.15, 0.2) is 36.9 Å². The van der Waals surface area contributed by atoms with E-state index in [4.69, 9.17) is 21.1 Å². The van der Waals surface area contributed by atoms with Crippen molar-refractivity contribution in [3.05, 3.63) is 47.5 Å². The molecule has 4 heterocycles. The van der Waals surface area contributed by atoms with Crippen LogP contribution in [0.3, 0.4) is 0 Å². The van der Waals surface area contributed by atoms with Gasteiger partial charge in [-0.25, -0.2) is 4.98 Å². The summed E-state index contributed by atoms with van der Waals surface area (Å²) in [4.78, 5) is 18.8. The lowest BCUT2D eigenvalue weighted by Crippen LogP contribution is -2.54. The topological polar surface area (TPSA) is 56.6 Å². The Morgan fingerprint density at radius 2 is 2.10 bits per heavy atom. The van der Waals surface area contributed by atoms with Crippen LogP contribution < -0.4 is 4.74 Å². The lowest BCUT2D eigenvalue weighted by Gasteiger charge is -2.54. The molecular weight excluding hydrogens is 414 g/mol. The molecule has 0 aliphatic carbocycles. The molecule has 6 nitrogen and oxygen atoms in total. The average molecular weight is 444 g/mol. The molecular formula is C24H30ClN3O3. The van der Waals surface area contributed by atoms with Crippen LogP contribution in [0.1, 0.15) is 51.2 Å². The summed E-state index contributed by atoms with van der Waals surface area (Å²) in [7, 11) is 0. The molecule has 2 fully saturated rings. The number of hydrogen-bond donors (Lipinski definition) is 0. The second-order valence-electron chi connectivity index (χ2n) is 9.86. The first-order chi connectivity index (χ1) is 14.9. The van der Waals surface area contributed by atoms with E-state index in [2.05, 4.69) is 18.8 Å². The van der Waals surface area contributed by atoms with E-state index in [0.717, 1.165) is 50.3 Å². The van der Waals surface area contributed by atoms with Gasteiger partial charge in [0.1, 0.15) is 11.4 Å². The van der Waals surface area contributed by atoms with Crippen LogP contribution in [0, 0.1) is 11.3 Å². The molecule has 1 aromatic carbocycles. The third-order valence-electron chi connectivity index (χ3n) is 7.45. The maximum Gasteiger partial charge on any atom is 0.224 e. The van der Waals surface area contributed by atoms with Gasteiger partial charge in [0, 0.05) is 55.0 Å². The highest BCUT2D eigenvalue weighted by molar-refractivity contribution is 6.30. The number of benzene rings is 1. The van der Waals surface area contributed by atoms with Gasteiger partial charge < -0.3 is 18.9 Å². The number of piperidine rings is 1. The van der Waals surface area contributed by atoms with E-state index in [1.54, 1.807) is 12.5 Å². The van der Waals surface area contributed by atoms with Crippen LogP contribution in [0.25, 0.3) is 0 Å². The lowest BCUT2D eigenvalue weighted by atomic mass is 9.64. The summed E-state index contributed by atoms with van der Waals surface area (Å²) in [6.45, 7) is 7.34. The van der Waals surface area contributed by atoms with E-state index in [1.807, 2.05) is 33.9 Å². The smallest absolute Gasteiger partial charge is 0.224 e. The van der Waals surface area contributed by atoms with Gasteiger partial charge in [-0.2, -0.15) is 0 Å². The first-order valence-electron chi connectivity index (χ1n) is 11.2. The average Bonchev–Trinajstić information content (AvgIpc) is 3.27. The summed E-state index contributed by atoms with van der Waals surface area (Å²) >= 11 is 6.27. The number of carbonyl (C=O) groups excluding carboxylic acids is 1. The maximum atomic E-state index is 12.7. The standard InChI is InChI=1S/C24H30ClN3O3/c1-23(2)19-14-24(15-30-22(19)18-13-17(25)3-4-20(18)31-23)6-10-28(11-7-24)21(29)5-9-27-12-8-26-16-27/h3-4,8,12-13,16,19,22H,5-7,9-11,14-15H2,1-2H3/t19-,22+/m0/s1. The largest absolute Gasteiger partial charge is 0.487 e. The van der Waals surface area contributed by atoms with Gasteiger partial charge in [-0.15, -0.1) is 0 Å². The number of aromatic nitrogens is 2. The minimum atomic E-state index is -0.309. The third kappa shape index (κ3) is 3.96. The van der Waals surface area contributed by atoms with E-state index in [9.17, 15) is 4.79 Å². The van der Waals surface area contributed by atoms with E-state index in [0.29, 0.717) is 18.0 Å². The molecule has 0 saturated carbocycles. The van der Waals surface area contributed by atoms with Gasteiger partial charge in [0.2, 0.25) is 5.91 Å². The van der Waals surface area contributed by atoms with Crippen molar-refractivity contribution in [2.24, 2.45) is 11.3 Å². The molecule has 31 heavy (non-hydrogen) atoms. The van der Waals surface area contributed by atoms with Gasteiger partial charge in [0.25, 0.3) is 0 Å². The summed E-state index contributed by atoms with van der Waals surface area (Å²) in [5.74, 6) is 1.36. The van der Waals surface area contributed by atoms with Gasteiger partial charge in [0.15, 0.2) is 0 Å². The predicted octanol–water partition coefficient (Wildman–Crippen LogP) is 4.48. The van der Waals surface area contributed by atoms with Crippen molar-refractivity contribution in [3.63, 3.8) is 0 Å². The molecule has 3 aliphatic rings. The Kier molecular flexibility index (Phi) is 5.25. The molecule has 2 aromatic rings. The predicted molar refractivity (Wildman–Crippen MR) is 118 cm³/mol. The Morgan fingerprint density at radius 1 is 1.29 bits per heavy atom. The van der Waals surface area contributed by atoms with Crippen molar-refractivity contribution >= 4 is 17.5 Å². The van der Waals surface area contributed by atoms with Gasteiger partial charge in [-0.1, -0.05) is 11.6 Å². The first kappa shape index (κ1) is 20.8. The number of halogens is 1. The van der Waals surface area contributed by atoms with E-state index < -0.39 is 0 Å². The van der Waals surface area contributed by atoms with E-state index >= 15 is 0 Å². The summed E-state index contributed by atoms with van der Waals surface area (Å²) in [6, 6.07) is 5.82. The number of likely N-dealkylation sites (tertiary alicyclic amines) is 1. The molecule has 3 aliphatic heterocycles. The number of hydrogen-bond acceptors (Lipinski definition) is 4. The summed E-state index contributed by atoms with van der Waals surface area (Å²) < 4.78 is 14.9. The molecule has 7 heteroatoms. The number of ether oxygens (including phenoxy) is 2. The Labute approximate surface area is 188 Å². The summed E-state index contributed by atoms with van der Waals surface area (Å²) in [5.41, 5.74) is 0.870. The van der Waals surface area contributed by atoms with Crippen molar-refractivity contribution in [3.8, 4) is 5.75 Å². The van der Waals surface area contributed by atoms with Crippen molar-refractivity contribution in [2.45, 2.75) is 57.8 Å². The first-order valence-corrected chi connectivity index (χ1v) is 11.6. The van der Waals surface area contributed by atoms with Crippen LogP contribution >= 0.6 is 11.6 Å². The quantitative estimate of drug-likeness (QED) is 0.701. The number of imidazole rings is 1. The molecule has 0 N–H and O–H groups in total. The van der Waals surface area contributed by atoms with Crippen molar-refractivity contribution in [1.29, 1.82) is 0 Å². The van der Waals surface area contributed by atoms with Crippen molar-refractivity contribution in [1.82, 2.24) is 14.5 Å². The minimum Gasteiger partial charge on any atom is -0.487 e. The highest BCUT2D eigenvalue weighted by Crippen LogP contribution is 2.55. The van der Waals surface area contributed by atoms with Gasteiger partial charge in [-0.05, 0) is 56.7 Å². The molecule has 1 aromatic heterocycles. The number of carbonyl (C=O) groups is 1. The zero-order valence-electron chi connectivity index (χ0n) is 18.2. The molecule has 0 radical (unpaired) electrons. The number of aryl methyl sites for hydroxylation is 1. The molecule has 2 atom stereocenters. The lowest BCUT2D eigenvalue weighted by molar-refractivity contribution is -0.176. The van der Waals surface area contributed by atoms with Gasteiger partial charge >= 0.3 is 0 Å². The minimum absolute atomic E-state index is 0.0120. The fourth-order valence-electron chi connectivity index (χ4n) is 5.51. The SMILES string of the molecule is CC1(C)Oc2ccc(Cl)cc2[C@H]2OCC3(CCN(C(=O)CCn4ccnc4)CC3)C[C@@H]21. The third-order valence-corrected chi connectivity index (χ3v) is 7.69. The highest BCUT2D eigenvalue weighted by Gasteiger charge is 2.52. The van der Waals surface area contributed by atoms with Crippen LogP contribution in [0.2, 0.25) is 5.02 Å². The molecule has 5 rings (SSSR count). The Balaban J connectivity index is 1.25. The molecule has 0 unspecified atom stereocenters. The highest BCUT2D eigenvalue weighted by atomic mass is 35.5. The maximum absolute atomic E-state index is 12.7. The Morgan fingerprint density at radius 3 is 2.84 bits per heavy atom. The fraction of sp³-hybridized carbons (Fsp3) is 0.583. The zero-order valence-corrected chi connectivity index (χ0v) is 19.0. The normalized spacial score (nSPS) is 26.1. The Bertz CT molecular complexity index is 951. The summed E-state index contributed by atoms with van der Waals surface area (Å²) in [5, 5.41) is 0.715. The second kappa shape index (κ2) is 7.82.